The minimum Gasteiger partial charge on any atom is -0.385 e. The van der Waals surface area contributed by atoms with Crippen LogP contribution in [0.15, 0.2) is 6.20 Å². The van der Waals surface area contributed by atoms with E-state index in [-0.39, 0.29) is 6.42 Å². The van der Waals surface area contributed by atoms with Gasteiger partial charge in [-0.05, 0) is 0 Å². The number of aromatic nitrogens is 1. The zero-order chi connectivity index (χ0) is 8.27. The molecule has 0 radical (unpaired) electrons. The molecule has 0 aliphatic heterocycles. The number of thiazole rings is 1. The van der Waals surface area contributed by atoms with Gasteiger partial charge in [0.25, 0.3) is 0 Å². The molecule has 1 unspecified atom stereocenters. The highest BCUT2D eigenvalue weighted by Gasteiger charge is 2.10. The van der Waals surface area contributed by atoms with Crippen LogP contribution in [0.25, 0.3) is 0 Å². The van der Waals surface area contributed by atoms with Crippen LogP contribution in [0, 0.1) is 0 Å². The lowest BCUT2D eigenvalue weighted by molar-refractivity contribution is -0.109. The summed E-state index contributed by atoms with van der Waals surface area (Å²) in [5.74, 6) is 0. The Kier molecular flexibility index (Phi) is 2.99. The molecule has 0 amide bonds. The highest BCUT2D eigenvalue weighted by Crippen LogP contribution is 2.24. The largest absolute Gasteiger partial charge is 0.385 e. The Labute approximate surface area is 72.6 Å². The number of rotatable bonds is 3. The topological polar surface area (TPSA) is 50.2 Å². The molecule has 0 aromatic carbocycles. The molecule has 0 bridgehead atoms. The summed E-state index contributed by atoms with van der Waals surface area (Å²) in [6.45, 7) is 0. The Hall–Kier alpha value is -0.450. The van der Waals surface area contributed by atoms with Gasteiger partial charge < -0.3 is 9.90 Å². The first-order valence-electron chi connectivity index (χ1n) is 2.97. The number of carbonyl (C=O) groups is 1. The molecule has 5 heteroatoms. The highest BCUT2D eigenvalue weighted by molar-refractivity contribution is 7.15. The zero-order valence-electron chi connectivity index (χ0n) is 5.53. The molecular formula is C6H6ClNO2S. The van der Waals surface area contributed by atoms with Crippen molar-refractivity contribution in [3.8, 4) is 0 Å². The molecule has 1 aromatic heterocycles. The van der Waals surface area contributed by atoms with Gasteiger partial charge in [0.2, 0.25) is 0 Å². The SMILES string of the molecule is O=CCC(O)c1ncc(Cl)s1. The van der Waals surface area contributed by atoms with Crippen LogP contribution in [0.3, 0.4) is 0 Å². The third-order valence-electron chi connectivity index (χ3n) is 1.10. The molecule has 11 heavy (non-hydrogen) atoms. The van der Waals surface area contributed by atoms with Gasteiger partial charge in [0.05, 0.1) is 6.20 Å². The van der Waals surface area contributed by atoms with E-state index in [2.05, 4.69) is 4.98 Å². The molecule has 1 rings (SSSR count). The van der Waals surface area contributed by atoms with Crippen molar-refractivity contribution in [1.29, 1.82) is 0 Å². The molecule has 1 atom stereocenters. The van der Waals surface area contributed by atoms with Crippen molar-refractivity contribution in [1.82, 2.24) is 4.98 Å². The fraction of sp³-hybridized carbons (Fsp3) is 0.333. The van der Waals surface area contributed by atoms with Crippen molar-refractivity contribution in [2.45, 2.75) is 12.5 Å². The van der Waals surface area contributed by atoms with Crippen molar-refractivity contribution in [3.63, 3.8) is 0 Å². The van der Waals surface area contributed by atoms with Gasteiger partial charge >= 0.3 is 0 Å². The summed E-state index contributed by atoms with van der Waals surface area (Å²) in [7, 11) is 0. The maximum absolute atomic E-state index is 9.98. The van der Waals surface area contributed by atoms with Crippen LogP contribution in [0.5, 0.6) is 0 Å². The Morgan fingerprint density at radius 2 is 2.64 bits per heavy atom. The van der Waals surface area contributed by atoms with Crippen molar-refractivity contribution in [2.24, 2.45) is 0 Å². The molecule has 0 aliphatic rings. The third kappa shape index (κ3) is 2.25. The minimum absolute atomic E-state index is 0.0733. The van der Waals surface area contributed by atoms with Crippen LogP contribution in [0.2, 0.25) is 4.34 Å². The van der Waals surface area contributed by atoms with Crippen molar-refractivity contribution >= 4 is 29.2 Å². The van der Waals surface area contributed by atoms with Crippen LogP contribution in [0.1, 0.15) is 17.5 Å². The molecule has 1 heterocycles. The number of nitrogens with zero attached hydrogens (tertiary/aromatic N) is 1. The van der Waals surface area contributed by atoms with Crippen LogP contribution in [-0.4, -0.2) is 16.4 Å². The van der Waals surface area contributed by atoms with E-state index in [1.54, 1.807) is 0 Å². The second-order valence-electron chi connectivity index (χ2n) is 1.92. The lowest BCUT2D eigenvalue weighted by atomic mass is 10.3. The summed E-state index contributed by atoms with van der Waals surface area (Å²) in [4.78, 5) is 13.8. The van der Waals surface area contributed by atoms with Gasteiger partial charge in [-0.3, -0.25) is 0 Å². The number of carbonyl (C=O) groups excluding carboxylic acids is 1. The lowest BCUT2D eigenvalue weighted by Crippen LogP contribution is -1.96. The number of halogens is 1. The van der Waals surface area contributed by atoms with E-state index in [1.807, 2.05) is 0 Å². The number of hydrogen-bond acceptors (Lipinski definition) is 4. The normalized spacial score (nSPS) is 12.9. The van der Waals surface area contributed by atoms with E-state index < -0.39 is 6.10 Å². The Bertz CT molecular complexity index is 250. The molecule has 60 valence electrons. The maximum atomic E-state index is 9.98. The zero-order valence-corrected chi connectivity index (χ0v) is 7.10. The first kappa shape index (κ1) is 8.64. The van der Waals surface area contributed by atoms with Gasteiger partial charge in [0, 0.05) is 6.42 Å². The first-order chi connectivity index (χ1) is 5.24. The fourth-order valence-electron chi connectivity index (χ4n) is 0.613. The molecule has 1 aromatic rings. The molecular weight excluding hydrogens is 186 g/mol. The van der Waals surface area contributed by atoms with Gasteiger partial charge in [-0.1, -0.05) is 11.6 Å². The predicted octanol–water partition coefficient (Wildman–Crippen LogP) is 1.42. The van der Waals surface area contributed by atoms with E-state index >= 15 is 0 Å². The standard InChI is InChI=1S/C6H6ClNO2S/c7-5-3-8-6(11-5)4(10)1-2-9/h2-4,10H,1H2. The minimum atomic E-state index is -0.801. The fourth-order valence-corrected chi connectivity index (χ4v) is 1.54. The number of aliphatic hydroxyl groups excluding tert-OH is 1. The molecule has 0 aliphatic carbocycles. The lowest BCUT2D eigenvalue weighted by Gasteiger charge is -1.99. The smallest absolute Gasteiger partial charge is 0.123 e. The quantitative estimate of drug-likeness (QED) is 0.736. The number of aliphatic hydroxyl groups is 1. The van der Waals surface area contributed by atoms with Crippen LogP contribution < -0.4 is 0 Å². The second kappa shape index (κ2) is 3.80. The van der Waals surface area contributed by atoms with E-state index in [0.717, 1.165) is 0 Å². The number of hydrogen-bond donors (Lipinski definition) is 1. The summed E-state index contributed by atoms with van der Waals surface area (Å²) in [5.41, 5.74) is 0. The summed E-state index contributed by atoms with van der Waals surface area (Å²) >= 11 is 6.74. The summed E-state index contributed by atoms with van der Waals surface area (Å²) in [6, 6.07) is 0. The van der Waals surface area contributed by atoms with Crippen molar-refractivity contribution < 1.29 is 9.90 Å². The molecule has 0 saturated heterocycles. The predicted molar refractivity (Wildman–Crippen MR) is 42.8 cm³/mol. The monoisotopic (exact) mass is 191 g/mol. The molecule has 0 saturated carbocycles. The van der Waals surface area contributed by atoms with Crippen LogP contribution in [0.4, 0.5) is 0 Å². The average Bonchev–Trinajstić information content (AvgIpc) is 2.36. The Balaban J connectivity index is 2.67. The van der Waals surface area contributed by atoms with Gasteiger partial charge in [0.15, 0.2) is 0 Å². The van der Waals surface area contributed by atoms with Crippen molar-refractivity contribution in [2.75, 3.05) is 0 Å². The summed E-state index contributed by atoms with van der Waals surface area (Å²) < 4.78 is 0.518. The van der Waals surface area contributed by atoms with Crippen LogP contribution in [-0.2, 0) is 4.79 Å². The van der Waals surface area contributed by atoms with Crippen molar-refractivity contribution in [3.05, 3.63) is 15.5 Å². The van der Waals surface area contributed by atoms with E-state index in [1.165, 1.54) is 17.5 Å². The van der Waals surface area contributed by atoms with Crippen LogP contribution >= 0.6 is 22.9 Å². The maximum Gasteiger partial charge on any atom is 0.123 e. The Morgan fingerprint density at radius 1 is 1.91 bits per heavy atom. The highest BCUT2D eigenvalue weighted by atomic mass is 35.5. The molecule has 3 nitrogen and oxygen atoms in total. The first-order valence-corrected chi connectivity index (χ1v) is 4.16. The summed E-state index contributed by atoms with van der Waals surface area (Å²) in [6.07, 6.45) is 1.38. The van der Waals surface area contributed by atoms with Gasteiger partial charge in [-0.2, -0.15) is 0 Å². The summed E-state index contributed by atoms with van der Waals surface area (Å²) in [5, 5.41) is 9.68. The molecule has 0 spiro atoms. The van der Waals surface area contributed by atoms with E-state index in [4.69, 9.17) is 11.6 Å². The Morgan fingerprint density at radius 3 is 3.09 bits per heavy atom. The van der Waals surface area contributed by atoms with Gasteiger partial charge in [0.1, 0.15) is 21.7 Å². The van der Waals surface area contributed by atoms with Gasteiger partial charge in [-0.15, -0.1) is 11.3 Å². The van der Waals surface area contributed by atoms with Gasteiger partial charge in [-0.25, -0.2) is 4.98 Å². The number of aldehydes is 1. The average molecular weight is 192 g/mol. The van der Waals surface area contributed by atoms with E-state index in [9.17, 15) is 9.90 Å². The molecule has 0 fully saturated rings. The molecule has 1 N–H and O–H groups in total. The third-order valence-corrected chi connectivity index (χ3v) is 2.32. The second-order valence-corrected chi connectivity index (χ2v) is 3.61. The van der Waals surface area contributed by atoms with E-state index in [0.29, 0.717) is 15.6 Å².